The molecule has 3 rings (SSSR count). The molecule has 11 heteroatoms. The Balaban J connectivity index is 1.75. The van der Waals surface area contributed by atoms with Crippen LogP contribution in [0.1, 0.15) is 39.6 Å². The molecule has 0 aliphatic heterocycles. The maximum Gasteiger partial charge on any atom is 0.269 e. The smallest absolute Gasteiger partial charge is 0.269 e. The number of anilines is 1. The van der Waals surface area contributed by atoms with Gasteiger partial charge >= 0.3 is 0 Å². The molecule has 0 fully saturated rings. The van der Waals surface area contributed by atoms with E-state index in [9.17, 15) is 14.9 Å². The zero-order valence-electron chi connectivity index (χ0n) is 20.3. The van der Waals surface area contributed by atoms with Gasteiger partial charge < -0.3 is 19.4 Å². The molecule has 3 aromatic rings. The zero-order chi connectivity index (χ0) is 25.5. The highest BCUT2D eigenvalue weighted by molar-refractivity contribution is 8.00. The number of nitro benzene ring substituents is 1. The highest BCUT2D eigenvalue weighted by Crippen LogP contribution is 2.32. The Morgan fingerprint density at radius 3 is 2.34 bits per heavy atom. The monoisotopic (exact) mass is 499 g/mol. The number of ether oxygens (including phenoxy) is 2. The van der Waals surface area contributed by atoms with Crippen molar-refractivity contribution in [2.45, 2.75) is 50.8 Å². The number of para-hydroxylation sites is 2. The van der Waals surface area contributed by atoms with Gasteiger partial charge in [-0.1, -0.05) is 37.7 Å². The highest BCUT2D eigenvalue weighted by Gasteiger charge is 2.24. The number of nitrogens with one attached hydrogen (secondary N) is 1. The summed E-state index contributed by atoms with van der Waals surface area (Å²) in [6, 6.07) is 13.1. The number of carbonyl (C=O) groups is 1. The van der Waals surface area contributed by atoms with Crippen LogP contribution in [0.25, 0.3) is 0 Å². The summed E-state index contributed by atoms with van der Waals surface area (Å²) in [5, 5.41) is 22.4. The van der Waals surface area contributed by atoms with Crippen LogP contribution in [0.3, 0.4) is 0 Å². The fourth-order valence-corrected chi connectivity index (χ4v) is 4.17. The van der Waals surface area contributed by atoms with Crippen LogP contribution < -0.4 is 14.8 Å². The molecule has 10 nitrogen and oxygen atoms in total. The molecule has 0 saturated carbocycles. The largest absolute Gasteiger partial charge is 0.493 e. The SMILES string of the molecule is COc1ccccc1OC(C)c1nnc(SC(C)C(=O)Nc2ccc([N+](=O)[O-])cc2)n1CC(C)C. The summed E-state index contributed by atoms with van der Waals surface area (Å²) in [6.07, 6.45) is -0.406. The first kappa shape index (κ1) is 26.0. The highest BCUT2D eigenvalue weighted by atomic mass is 32.2. The number of carbonyl (C=O) groups excluding carboxylic acids is 1. The zero-order valence-corrected chi connectivity index (χ0v) is 21.1. The summed E-state index contributed by atoms with van der Waals surface area (Å²) in [7, 11) is 1.59. The molecule has 2 atom stereocenters. The van der Waals surface area contributed by atoms with Gasteiger partial charge in [-0.05, 0) is 44.0 Å². The number of methoxy groups -OCH3 is 1. The van der Waals surface area contributed by atoms with Crippen molar-refractivity contribution in [3.63, 3.8) is 0 Å². The third-order valence-corrected chi connectivity index (χ3v) is 6.11. The summed E-state index contributed by atoms with van der Waals surface area (Å²) in [5.41, 5.74) is 0.445. The number of nitrogens with zero attached hydrogens (tertiary/aromatic N) is 4. The van der Waals surface area contributed by atoms with E-state index in [4.69, 9.17) is 9.47 Å². The quantitative estimate of drug-likeness (QED) is 0.219. The lowest BCUT2D eigenvalue weighted by atomic mass is 10.2. The normalized spacial score (nSPS) is 12.7. The second kappa shape index (κ2) is 11.7. The van der Waals surface area contributed by atoms with Gasteiger partial charge in [-0.25, -0.2) is 0 Å². The number of aromatic nitrogens is 3. The Hall–Kier alpha value is -3.60. The summed E-state index contributed by atoms with van der Waals surface area (Å²) in [6.45, 7) is 8.51. The van der Waals surface area contributed by atoms with Gasteiger partial charge in [0.1, 0.15) is 0 Å². The molecule has 1 amide bonds. The van der Waals surface area contributed by atoms with E-state index >= 15 is 0 Å². The lowest BCUT2D eigenvalue weighted by molar-refractivity contribution is -0.384. The molecule has 0 bridgehead atoms. The van der Waals surface area contributed by atoms with E-state index in [2.05, 4.69) is 29.4 Å². The van der Waals surface area contributed by atoms with Gasteiger partial charge in [0.25, 0.3) is 5.69 Å². The van der Waals surface area contributed by atoms with Crippen LogP contribution in [0, 0.1) is 16.0 Å². The van der Waals surface area contributed by atoms with E-state index in [1.807, 2.05) is 35.8 Å². The predicted molar refractivity (Wildman–Crippen MR) is 134 cm³/mol. The molecular weight excluding hydrogens is 470 g/mol. The van der Waals surface area contributed by atoms with Crippen LogP contribution in [-0.4, -0.2) is 38.0 Å². The van der Waals surface area contributed by atoms with E-state index in [1.165, 1.54) is 36.0 Å². The summed E-state index contributed by atoms with van der Waals surface area (Å²) in [4.78, 5) is 23.1. The minimum atomic E-state index is -0.487. The van der Waals surface area contributed by atoms with E-state index in [0.29, 0.717) is 40.6 Å². The van der Waals surface area contributed by atoms with Gasteiger partial charge in [0.2, 0.25) is 5.91 Å². The van der Waals surface area contributed by atoms with Gasteiger partial charge in [0.15, 0.2) is 28.6 Å². The summed E-state index contributed by atoms with van der Waals surface area (Å²) in [5.74, 6) is 1.94. The first-order chi connectivity index (χ1) is 16.7. The molecule has 1 aromatic heterocycles. The second-order valence-corrected chi connectivity index (χ2v) is 9.62. The molecule has 1 heterocycles. The van der Waals surface area contributed by atoms with Crippen molar-refractivity contribution < 1.29 is 19.2 Å². The maximum absolute atomic E-state index is 12.8. The maximum atomic E-state index is 12.8. The third kappa shape index (κ3) is 6.72. The van der Waals surface area contributed by atoms with Crippen LogP contribution in [0.5, 0.6) is 11.5 Å². The number of nitro groups is 1. The number of rotatable bonds is 11. The van der Waals surface area contributed by atoms with Crippen molar-refractivity contribution in [2.24, 2.45) is 5.92 Å². The van der Waals surface area contributed by atoms with Gasteiger partial charge in [0, 0.05) is 24.4 Å². The number of hydrogen-bond donors (Lipinski definition) is 1. The van der Waals surface area contributed by atoms with E-state index < -0.39 is 16.3 Å². The summed E-state index contributed by atoms with van der Waals surface area (Å²) < 4.78 is 13.5. The van der Waals surface area contributed by atoms with Crippen molar-refractivity contribution in [3.8, 4) is 11.5 Å². The van der Waals surface area contributed by atoms with Crippen molar-refractivity contribution in [1.29, 1.82) is 0 Å². The summed E-state index contributed by atoms with van der Waals surface area (Å²) >= 11 is 1.29. The van der Waals surface area contributed by atoms with Crippen molar-refractivity contribution in [1.82, 2.24) is 14.8 Å². The molecule has 0 spiro atoms. The molecular formula is C24H29N5O5S. The van der Waals surface area contributed by atoms with Crippen molar-refractivity contribution in [3.05, 3.63) is 64.5 Å². The standard InChI is InChI=1S/C24H29N5O5S/c1-15(2)14-28-22(16(3)34-21-9-7-6-8-20(21)33-5)26-27-24(28)35-17(4)23(30)25-18-10-12-19(13-11-18)29(31)32/h6-13,15-17H,14H2,1-5H3,(H,25,30). The topological polar surface area (TPSA) is 121 Å². The molecule has 0 aliphatic carbocycles. The Morgan fingerprint density at radius 2 is 1.74 bits per heavy atom. The second-order valence-electron chi connectivity index (χ2n) is 8.31. The van der Waals surface area contributed by atoms with Gasteiger partial charge in [-0.2, -0.15) is 0 Å². The number of hydrogen-bond acceptors (Lipinski definition) is 8. The average Bonchev–Trinajstić information content (AvgIpc) is 3.21. The van der Waals surface area contributed by atoms with Crippen LogP contribution >= 0.6 is 11.8 Å². The Kier molecular flexibility index (Phi) is 8.69. The van der Waals surface area contributed by atoms with Gasteiger partial charge in [0.05, 0.1) is 17.3 Å². The van der Waals surface area contributed by atoms with E-state index in [-0.39, 0.29) is 11.6 Å². The van der Waals surface area contributed by atoms with Crippen molar-refractivity contribution >= 4 is 29.0 Å². The Morgan fingerprint density at radius 1 is 1.09 bits per heavy atom. The van der Waals surface area contributed by atoms with Crippen LogP contribution in [0.15, 0.2) is 53.7 Å². The first-order valence-corrected chi connectivity index (χ1v) is 12.0. The number of amides is 1. The molecule has 2 aromatic carbocycles. The molecule has 35 heavy (non-hydrogen) atoms. The fourth-order valence-electron chi connectivity index (χ4n) is 3.31. The lowest BCUT2D eigenvalue weighted by Crippen LogP contribution is -2.23. The number of benzene rings is 2. The third-order valence-electron chi connectivity index (χ3n) is 5.03. The number of non-ortho nitro benzene ring substituents is 1. The van der Waals surface area contributed by atoms with Crippen LogP contribution in [0.4, 0.5) is 11.4 Å². The minimum absolute atomic E-state index is 0.0378. The molecule has 1 N–H and O–H groups in total. The Bertz CT molecular complexity index is 1170. The fraction of sp³-hybridized carbons (Fsp3) is 0.375. The van der Waals surface area contributed by atoms with Crippen molar-refractivity contribution in [2.75, 3.05) is 12.4 Å². The molecule has 0 aliphatic rings. The average molecular weight is 500 g/mol. The van der Waals surface area contributed by atoms with Crippen LogP contribution in [-0.2, 0) is 11.3 Å². The van der Waals surface area contributed by atoms with E-state index in [0.717, 1.165) is 0 Å². The predicted octanol–water partition coefficient (Wildman–Crippen LogP) is 5.11. The minimum Gasteiger partial charge on any atom is -0.493 e. The van der Waals surface area contributed by atoms with Gasteiger partial charge in [-0.3, -0.25) is 14.9 Å². The molecule has 186 valence electrons. The van der Waals surface area contributed by atoms with E-state index in [1.54, 1.807) is 14.0 Å². The molecule has 2 unspecified atom stereocenters. The molecule has 0 radical (unpaired) electrons. The number of thioether (sulfide) groups is 1. The first-order valence-electron chi connectivity index (χ1n) is 11.1. The van der Waals surface area contributed by atoms with Gasteiger partial charge in [-0.15, -0.1) is 10.2 Å². The lowest BCUT2D eigenvalue weighted by Gasteiger charge is -2.19. The molecule has 0 saturated heterocycles. The Labute approximate surface area is 208 Å². The van der Waals surface area contributed by atoms with Crippen LogP contribution in [0.2, 0.25) is 0 Å².